The van der Waals surface area contributed by atoms with Crippen LogP contribution in [0.5, 0.6) is 0 Å². The van der Waals surface area contributed by atoms with Crippen LogP contribution >= 0.6 is 0 Å². The second-order valence-electron chi connectivity index (χ2n) is 5.21. The molecule has 1 fully saturated rings. The van der Waals surface area contributed by atoms with Crippen LogP contribution in [-0.2, 0) is 9.53 Å². The van der Waals surface area contributed by atoms with E-state index < -0.39 is 23.0 Å². The largest absolute Gasteiger partial charge is 0.444 e. The van der Waals surface area contributed by atoms with Gasteiger partial charge in [-0.2, -0.15) is 5.26 Å². The van der Waals surface area contributed by atoms with Gasteiger partial charge in [0.05, 0.1) is 12.6 Å². The van der Waals surface area contributed by atoms with Crippen molar-refractivity contribution < 1.29 is 14.3 Å². The van der Waals surface area contributed by atoms with Gasteiger partial charge in [0, 0.05) is 6.54 Å². The van der Waals surface area contributed by atoms with Crippen molar-refractivity contribution in [2.45, 2.75) is 32.8 Å². The summed E-state index contributed by atoms with van der Waals surface area (Å²) in [5.41, 5.74) is 3.33. The first-order valence-electron chi connectivity index (χ1n) is 5.39. The fraction of sp³-hybridized carbons (Fsp3) is 0.727. The number of carbonyl (C=O) groups excluding carboxylic acids is 2. The molecule has 0 aromatic carbocycles. The second kappa shape index (κ2) is 4.24. The minimum absolute atomic E-state index is 0.00769. The molecule has 1 rings (SSSR count). The Morgan fingerprint density at radius 2 is 2.06 bits per heavy atom. The summed E-state index contributed by atoms with van der Waals surface area (Å²) in [5, 5.41) is 8.99. The first-order valence-corrected chi connectivity index (χ1v) is 5.39. The number of nitriles is 1. The van der Waals surface area contributed by atoms with E-state index in [-0.39, 0.29) is 13.0 Å². The highest BCUT2D eigenvalue weighted by atomic mass is 16.6. The lowest BCUT2D eigenvalue weighted by Crippen LogP contribution is -2.41. The summed E-state index contributed by atoms with van der Waals surface area (Å²) in [6.07, 6.45) is -0.256. The molecule has 1 saturated heterocycles. The van der Waals surface area contributed by atoms with Crippen molar-refractivity contribution in [3.63, 3.8) is 0 Å². The van der Waals surface area contributed by atoms with Crippen LogP contribution in [0.3, 0.4) is 0 Å². The van der Waals surface area contributed by atoms with Gasteiger partial charge in [-0.25, -0.2) is 4.79 Å². The van der Waals surface area contributed by atoms with Crippen LogP contribution in [-0.4, -0.2) is 35.6 Å². The maximum absolute atomic E-state index is 11.7. The Kier molecular flexibility index (Phi) is 3.32. The molecule has 1 atom stereocenters. The van der Waals surface area contributed by atoms with Gasteiger partial charge in [0.1, 0.15) is 5.60 Å². The number of amides is 2. The summed E-state index contributed by atoms with van der Waals surface area (Å²) in [6.45, 7) is 5.59. The van der Waals surface area contributed by atoms with E-state index in [1.54, 1.807) is 20.8 Å². The number of carbonyl (C=O) groups is 2. The monoisotopic (exact) mass is 239 g/mol. The number of rotatable bonds is 1. The van der Waals surface area contributed by atoms with Gasteiger partial charge in [0.25, 0.3) is 0 Å². The number of hydrogen-bond acceptors (Lipinski definition) is 4. The molecule has 6 heteroatoms. The van der Waals surface area contributed by atoms with E-state index in [9.17, 15) is 9.59 Å². The lowest BCUT2D eigenvalue weighted by atomic mass is 9.88. The normalized spacial score (nSPS) is 24.2. The molecule has 17 heavy (non-hydrogen) atoms. The van der Waals surface area contributed by atoms with Gasteiger partial charge >= 0.3 is 6.09 Å². The quantitative estimate of drug-likeness (QED) is 0.725. The van der Waals surface area contributed by atoms with Gasteiger partial charge in [0.2, 0.25) is 5.91 Å². The zero-order valence-electron chi connectivity index (χ0n) is 10.3. The van der Waals surface area contributed by atoms with Crippen LogP contribution in [0.15, 0.2) is 0 Å². The molecule has 1 aliphatic heterocycles. The van der Waals surface area contributed by atoms with Gasteiger partial charge in [-0.3, -0.25) is 4.79 Å². The fourth-order valence-corrected chi connectivity index (χ4v) is 1.64. The summed E-state index contributed by atoms with van der Waals surface area (Å²) in [7, 11) is 0. The number of nitrogens with zero attached hydrogens (tertiary/aromatic N) is 2. The Morgan fingerprint density at radius 3 is 2.41 bits per heavy atom. The molecular weight excluding hydrogens is 222 g/mol. The van der Waals surface area contributed by atoms with Crippen molar-refractivity contribution in [1.82, 2.24) is 4.90 Å². The SMILES string of the molecule is CC(C)(C)OC(=O)N1CCC(C#N)(C(N)=O)C1. The minimum atomic E-state index is -1.27. The molecule has 0 aromatic heterocycles. The van der Waals surface area contributed by atoms with E-state index >= 15 is 0 Å². The molecule has 1 unspecified atom stereocenters. The highest BCUT2D eigenvalue weighted by Crippen LogP contribution is 2.30. The third kappa shape index (κ3) is 2.87. The Hall–Kier alpha value is -1.77. The number of nitrogens with two attached hydrogens (primary N) is 1. The van der Waals surface area contributed by atoms with Crippen LogP contribution in [0.25, 0.3) is 0 Å². The summed E-state index contributed by atoms with van der Waals surface area (Å²) < 4.78 is 5.16. The van der Waals surface area contributed by atoms with Crippen molar-refractivity contribution in [3.05, 3.63) is 0 Å². The predicted molar refractivity (Wildman–Crippen MR) is 59.7 cm³/mol. The molecule has 6 nitrogen and oxygen atoms in total. The number of hydrogen-bond donors (Lipinski definition) is 1. The molecule has 1 heterocycles. The van der Waals surface area contributed by atoms with Gasteiger partial charge in [0.15, 0.2) is 5.41 Å². The Morgan fingerprint density at radius 1 is 1.47 bits per heavy atom. The lowest BCUT2D eigenvalue weighted by molar-refractivity contribution is -0.124. The van der Waals surface area contributed by atoms with Gasteiger partial charge < -0.3 is 15.4 Å². The average Bonchev–Trinajstić information content (AvgIpc) is 2.60. The van der Waals surface area contributed by atoms with Crippen LogP contribution in [0.4, 0.5) is 4.79 Å². The smallest absolute Gasteiger partial charge is 0.410 e. The highest BCUT2D eigenvalue weighted by molar-refractivity contribution is 5.85. The molecule has 0 aromatic rings. The summed E-state index contributed by atoms with van der Waals surface area (Å²) in [4.78, 5) is 24.3. The van der Waals surface area contributed by atoms with Crippen LogP contribution < -0.4 is 5.73 Å². The van der Waals surface area contributed by atoms with E-state index in [4.69, 9.17) is 15.7 Å². The van der Waals surface area contributed by atoms with Gasteiger partial charge in [-0.15, -0.1) is 0 Å². The van der Waals surface area contributed by atoms with Crippen LogP contribution in [0, 0.1) is 16.7 Å². The molecular formula is C11H17N3O3. The van der Waals surface area contributed by atoms with Crippen molar-refractivity contribution >= 4 is 12.0 Å². The maximum atomic E-state index is 11.7. The molecule has 1 aliphatic rings. The molecule has 0 bridgehead atoms. The fourth-order valence-electron chi connectivity index (χ4n) is 1.64. The van der Waals surface area contributed by atoms with Crippen molar-refractivity contribution in [3.8, 4) is 6.07 Å². The summed E-state index contributed by atoms with van der Waals surface area (Å²) >= 11 is 0. The molecule has 94 valence electrons. The maximum Gasteiger partial charge on any atom is 0.410 e. The zero-order chi connectivity index (χ0) is 13.3. The van der Waals surface area contributed by atoms with Crippen molar-refractivity contribution in [2.24, 2.45) is 11.1 Å². The lowest BCUT2D eigenvalue weighted by Gasteiger charge is -2.25. The Bertz CT molecular complexity index is 380. The number of ether oxygens (including phenoxy) is 1. The first-order chi connectivity index (χ1) is 7.70. The first kappa shape index (κ1) is 13.3. The summed E-state index contributed by atoms with van der Waals surface area (Å²) in [6, 6.07) is 1.90. The predicted octanol–water partition coefficient (Wildman–Crippen LogP) is 0.622. The van der Waals surface area contributed by atoms with Gasteiger partial charge in [-0.1, -0.05) is 0 Å². The van der Waals surface area contributed by atoms with E-state index in [0.29, 0.717) is 6.54 Å². The number of likely N-dealkylation sites (tertiary alicyclic amines) is 1. The highest BCUT2D eigenvalue weighted by Gasteiger charge is 2.46. The van der Waals surface area contributed by atoms with Crippen molar-refractivity contribution in [1.29, 1.82) is 5.26 Å². The molecule has 0 saturated carbocycles. The average molecular weight is 239 g/mol. The Labute approximate surface area is 100 Å². The Balaban J connectivity index is 2.71. The van der Waals surface area contributed by atoms with E-state index in [1.807, 2.05) is 6.07 Å². The van der Waals surface area contributed by atoms with E-state index in [2.05, 4.69) is 0 Å². The zero-order valence-corrected chi connectivity index (χ0v) is 10.3. The molecule has 0 radical (unpaired) electrons. The molecule has 2 amide bonds. The minimum Gasteiger partial charge on any atom is -0.444 e. The number of primary amides is 1. The second-order valence-corrected chi connectivity index (χ2v) is 5.21. The molecule has 0 spiro atoms. The third-order valence-corrected chi connectivity index (χ3v) is 2.61. The molecule has 0 aliphatic carbocycles. The molecule has 2 N–H and O–H groups in total. The topological polar surface area (TPSA) is 96.4 Å². The van der Waals surface area contributed by atoms with Crippen LogP contribution in [0.1, 0.15) is 27.2 Å². The third-order valence-electron chi connectivity index (χ3n) is 2.61. The summed E-state index contributed by atoms with van der Waals surface area (Å²) in [5.74, 6) is -0.689. The van der Waals surface area contributed by atoms with E-state index in [0.717, 1.165) is 0 Å². The van der Waals surface area contributed by atoms with Gasteiger partial charge in [-0.05, 0) is 27.2 Å². The van der Waals surface area contributed by atoms with Crippen molar-refractivity contribution in [2.75, 3.05) is 13.1 Å². The van der Waals surface area contributed by atoms with Crippen LogP contribution in [0.2, 0.25) is 0 Å². The standard InChI is InChI=1S/C11H17N3O3/c1-10(2,3)17-9(16)14-5-4-11(6-12,7-14)8(13)15/h4-5,7H2,1-3H3,(H2,13,15). The van der Waals surface area contributed by atoms with E-state index in [1.165, 1.54) is 4.90 Å².